The molecule has 26 heavy (non-hydrogen) atoms. The van der Waals surface area contributed by atoms with Gasteiger partial charge in [0.15, 0.2) is 10.4 Å². The van der Waals surface area contributed by atoms with Gasteiger partial charge in [-0.25, -0.2) is 4.79 Å². The minimum absolute atomic E-state index is 0.00313. The number of methoxy groups -OCH3 is 2. The van der Waals surface area contributed by atoms with Gasteiger partial charge in [0.25, 0.3) is 0 Å². The number of carbonyl (C=O) groups excluding carboxylic acids is 2. The van der Waals surface area contributed by atoms with Gasteiger partial charge < -0.3 is 28.5 Å². The summed E-state index contributed by atoms with van der Waals surface area (Å²) in [5.41, 5.74) is 0.775. The minimum atomic E-state index is -0.607. The maximum absolute atomic E-state index is 11.2. The monoisotopic (exact) mass is 408 g/mol. The van der Waals surface area contributed by atoms with Gasteiger partial charge in [0.05, 0.1) is 27.4 Å². The highest BCUT2D eigenvalue weighted by Crippen LogP contribution is 2.21. The molecule has 0 fully saturated rings. The van der Waals surface area contributed by atoms with E-state index in [9.17, 15) is 9.59 Å². The van der Waals surface area contributed by atoms with Gasteiger partial charge in [-0.15, -0.1) is 0 Å². The summed E-state index contributed by atoms with van der Waals surface area (Å²) in [6.45, 7) is -0.109. The van der Waals surface area contributed by atoms with Crippen LogP contribution in [0.15, 0.2) is 21.0 Å². The Hall–Kier alpha value is -2.00. The summed E-state index contributed by atoms with van der Waals surface area (Å²) < 4.78 is 18.9. The van der Waals surface area contributed by atoms with Crippen LogP contribution in [0.2, 0.25) is 10.4 Å². The Labute approximate surface area is 159 Å². The smallest absolute Gasteiger partial charge is 0.341 e. The molecule has 0 saturated heterocycles. The van der Waals surface area contributed by atoms with E-state index in [4.69, 9.17) is 42.2 Å². The van der Waals surface area contributed by atoms with Crippen molar-refractivity contribution in [3.05, 3.63) is 45.2 Å². The fourth-order valence-corrected chi connectivity index (χ4v) is 2.32. The van der Waals surface area contributed by atoms with Crippen molar-refractivity contribution < 1.29 is 38.1 Å². The second kappa shape index (κ2) is 10.9. The van der Waals surface area contributed by atoms with Crippen LogP contribution in [0.25, 0.3) is 0 Å². The average molecular weight is 409 g/mol. The fraction of sp³-hybridized carbons (Fsp3) is 0.375. The number of hydrogen-bond acceptors (Lipinski definition) is 8. The second-order valence-corrected chi connectivity index (χ2v) is 5.51. The molecule has 2 heterocycles. The largest absolute Gasteiger partial charge is 0.469 e. The maximum atomic E-state index is 11.2. The highest BCUT2D eigenvalue weighted by Gasteiger charge is 2.20. The Morgan fingerprint density at radius 3 is 2.19 bits per heavy atom. The first kappa shape index (κ1) is 22.0. The molecular weight excluding hydrogens is 391 g/mol. The first-order valence-corrected chi connectivity index (χ1v) is 8.03. The minimum Gasteiger partial charge on any atom is -0.469 e. The molecule has 0 spiro atoms. The molecule has 2 aromatic heterocycles. The lowest BCUT2D eigenvalue weighted by atomic mass is 10.2. The van der Waals surface area contributed by atoms with Crippen molar-refractivity contribution in [3.63, 3.8) is 0 Å². The van der Waals surface area contributed by atoms with Crippen molar-refractivity contribution in [2.24, 2.45) is 0 Å². The van der Waals surface area contributed by atoms with E-state index in [1.165, 1.54) is 20.3 Å². The summed E-state index contributed by atoms with van der Waals surface area (Å²) in [7, 11) is 2.47. The van der Waals surface area contributed by atoms with E-state index in [1.54, 1.807) is 6.07 Å². The summed E-state index contributed by atoms with van der Waals surface area (Å²) in [6.07, 6.45) is 0.232. The number of halogens is 2. The van der Waals surface area contributed by atoms with Crippen molar-refractivity contribution >= 4 is 35.1 Å². The van der Waals surface area contributed by atoms with E-state index < -0.39 is 11.9 Å². The van der Waals surface area contributed by atoms with Gasteiger partial charge in [0.1, 0.15) is 23.5 Å². The number of esters is 2. The van der Waals surface area contributed by atoms with E-state index >= 15 is 0 Å². The van der Waals surface area contributed by atoms with Gasteiger partial charge in [0, 0.05) is 24.1 Å². The summed E-state index contributed by atoms with van der Waals surface area (Å²) in [4.78, 5) is 22.2. The van der Waals surface area contributed by atoms with Gasteiger partial charge in [-0.05, 0) is 23.2 Å². The molecule has 0 aliphatic rings. The molecule has 2 aromatic rings. The van der Waals surface area contributed by atoms with Gasteiger partial charge in [-0.1, -0.05) is 0 Å². The molecule has 144 valence electrons. The molecule has 0 aromatic carbocycles. The molecule has 0 bridgehead atoms. The third-order valence-electron chi connectivity index (χ3n) is 3.09. The van der Waals surface area contributed by atoms with Gasteiger partial charge in [-0.3, -0.25) is 4.79 Å². The number of rotatable bonds is 6. The predicted molar refractivity (Wildman–Crippen MR) is 91.2 cm³/mol. The van der Waals surface area contributed by atoms with Crippen LogP contribution in [0.5, 0.6) is 0 Å². The van der Waals surface area contributed by atoms with Gasteiger partial charge in [-0.2, -0.15) is 0 Å². The quantitative estimate of drug-likeness (QED) is 0.698. The Morgan fingerprint density at radius 1 is 1.04 bits per heavy atom. The Balaban J connectivity index is 0.000000273. The number of aliphatic hydroxyl groups excluding tert-OH is 2. The molecule has 0 unspecified atom stereocenters. The molecule has 0 saturated carbocycles. The lowest BCUT2D eigenvalue weighted by Gasteiger charge is -1.99. The topological polar surface area (TPSA) is 119 Å². The Bertz CT molecular complexity index is 735. The highest BCUT2D eigenvalue weighted by molar-refractivity contribution is 6.29. The molecule has 8 nitrogen and oxygen atoms in total. The summed E-state index contributed by atoms with van der Waals surface area (Å²) in [5, 5.41) is 17.6. The third-order valence-corrected chi connectivity index (χ3v) is 3.47. The van der Waals surface area contributed by atoms with Crippen molar-refractivity contribution in [1.29, 1.82) is 0 Å². The Morgan fingerprint density at radius 2 is 1.65 bits per heavy atom. The van der Waals surface area contributed by atoms with Crippen LogP contribution >= 0.6 is 23.2 Å². The van der Waals surface area contributed by atoms with Gasteiger partial charge in [0.2, 0.25) is 0 Å². The predicted octanol–water partition coefficient (Wildman–Crippen LogP) is 2.40. The number of carbonyl (C=O) groups is 2. The normalized spacial score (nSPS) is 10.1. The van der Waals surface area contributed by atoms with Crippen LogP contribution in [-0.4, -0.2) is 43.0 Å². The first-order valence-electron chi connectivity index (χ1n) is 7.28. The van der Waals surface area contributed by atoms with Crippen LogP contribution in [0.1, 0.15) is 27.4 Å². The Kier molecular flexibility index (Phi) is 9.22. The molecule has 2 N–H and O–H groups in total. The lowest BCUT2D eigenvalue weighted by molar-refractivity contribution is -0.140. The van der Waals surface area contributed by atoms with Crippen molar-refractivity contribution in [1.82, 2.24) is 0 Å². The highest BCUT2D eigenvalue weighted by atomic mass is 35.5. The summed E-state index contributed by atoms with van der Waals surface area (Å²) in [6, 6.07) is 2.85. The van der Waals surface area contributed by atoms with Crippen LogP contribution < -0.4 is 0 Å². The molecule has 10 heteroatoms. The SMILES string of the molecule is COC(=O)Cc1oc(Cl)cc1C(=O)OC.OCCc1oc(Cl)cc1CO. The number of ether oxygens (including phenoxy) is 2. The summed E-state index contributed by atoms with van der Waals surface area (Å²) >= 11 is 11.1. The zero-order valence-electron chi connectivity index (χ0n) is 14.1. The van der Waals surface area contributed by atoms with Crippen molar-refractivity contribution in [2.75, 3.05) is 20.8 Å². The number of furan rings is 2. The van der Waals surface area contributed by atoms with E-state index in [-0.39, 0.29) is 41.4 Å². The van der Waals surface area contributed by atoms with Crippen molar-refractivity contribution in [3.8, 4) is 0 Å². The second-order valence-electron chi connectivity index (χ2n) is 4.76. The fourth-order valence-electron chi connectivity index (χ4n) is 1.89. The van der Waals surface area contributed by atoms with Crippen LogP contribution in [0.4, 0.5) is 0 Å². The van der Waals surface area contributed by atoms with E-state index in [1.807, 2.05) is 0 Å². The molecular formula is C16H18Cl2O8. The van der Waals surface area contributed by atoms with E-state index in [2.05, 4.69) is 9.47 Å². The van der Waals surface area contributed by atoms with Crippen LogP contribution in [0.3, 0.4) is 0 Å². The zero-order chi connectivity index (χ0) is 19.7. The zero-order valence-corrected chi connectivity index (χ0v) is 15.6. The molecule has 0 amide bonds. The van der Waals surface area contributed by atoms with Gasteiger partial charge >= 0.3 is 11.9 Å². The molecule has 2 rings (SSSR count). The van der Waals surface area contributed by atoms with Crippen molar-refractivity contribution in [2.45, 2.75) is 19.4 Å². The number of aliphatic hydroxyl groups is 2. The molecule has 0 aliphatic heterocycles. The molecule has 0 radical (unpaired) electrons. The number of hydrogen-bond donors (Lipinski definition) is 2. The summed E-state index contributed by atoms with van der Waals surface area (Å²) in [5.74, 6) is -0.436. The molecule has 0 aliphatic carbocycles. The lowest BCUT2D eigenvalue weighted by Crippen LogP contribution is -2.09. The van der Waals surface area contributed by atoms with E-state index in [0.29, 0.717) is 17.7 Å². The average Bonchev–Trinajstić information content (AvgIpc) is 3.16. The van der Waals surface area contributed by atoms with Crippen LogP contribution in [-0.2, 0) is 33.7 Å². The van der Waals surface area contributed by atoms with E-state index in [0.717, 1.165) is 0 Å². The third kappa shape index (κ3) is 6.38. The first-order chi connectivity index (χ1) is 12.4. The standard InChI is InChI=1S/C9H9ClO5.C7H9ClO3/c1-13-8(11)4-6-5(9(12)14-2)3-7(10)15-6;8-7-3-5(4-10)6(11-7)1-2-9/h3H,4H2,1-2H3;3,9-10H,1-2,4H2. The maximum Gasteiger partial charge on any atom is 0.341 e. The molecule has 0 atom stereocenters. The van der Waals surface area contributed by atoms with Crippen LogP contribution in [0, 0.1) is 0 Å².